The fourth-order valence-corrected chi connectivity index (χ4v) is 6.21. The zero-order valence-corrected chi connectivity index (χ0v) is 37.1. The zero-order valence-electron chi connectivity index (χ0n) is 37.1. The molecule has 326 valence electrons. The van der Waals surface area contributed by atoms with Crippen LogP contribution in [0.25, 0.3) is 0 Å². The van der Waals surface area contributed by atoms with Crippen molar-refractivity contribution in [2.45, 2.75) is 219 Å². The van der Waals surface area contributed by atoms with Gasteiger partial charge in [-0.15, -0.1) is 0 Å². The Morgan fingerprint density at radius 2 is 0.684 bits per heavy atom. The summed E-state index contributed by atoms with van der Waals surface area (Å²) in [7, 11) is 0. The summed E-state index contributed by atoms with van der Waals surface area (Å²) in [6, 6.07) is 0. The summed E-state index contributed by atoms with van der Waals surface area (Å²) >= 11 is 0. The predicted molar refractivity (Wildman–Crippen MR) is 242 cm³/mol. The van der Waals surface area contributed by atoms with Gasteiger partial charge >= 0.3 is 17.9 Å². The van der Waals surface area contributed by atoms with Gasteiger partial charge in [-0.2, -0.15) is 0 Å². The summed E-state index contributed by atoms with van der Waals surface area (Å²) in [5, 5.41) is 0. The highest BCUT2D eigenvalue weighted by Crippen LogP contribution is 2.14. The Balaban J connectivity index is 4.32. The van der Waals surface area contributed by atoms with E-state index in [1.54, 1.807) is 0 Å². The number of hydrogen-bond acceptors (Lipinski definition) is 6. The Bertz CT molecular complexity index is 1100. The maximum Gasteiger partial charge on any atom is 0.306 e. The van der Waals surface area contributed by atoms with Crippen molar-refractivity contribution < 1.29 is 28.6 Å². The normalized spacial score (nSPS) is 12.7. The summed E-state index contributed by atoms with van der Waals surface area (Å²) in [4.78, 5) is 37.6. The average molecular weight is 795 g/mol. The molecule has 57 heavy (non-hydrogen) atoms. The van der Waals surface area contributed by atoms with Crippen LogP contribution in [0.2, 0.25) is 0 Å². The summed E-state index contributed by atoms with van der Waals surface area (Å²) < 4.78 is 16.6. The molecule has 0 saturated carbocycles. The van der Waals surface area contributed by atoms with E-state index >= 15 is 0 Å². The first kappa shape index (κ1) is 53.9. The number of rotatable bonds is 41. The Morgan fingerprint density at radius 1 is 0.368 bits per heavy atom. The summed E-state index contributed by atoms with van der Waals surface area (Å²) in [5.74, 6) is -0.946. The van der Waals surface area contributed by atoms with Gasteiger partial charge in [-0.3, -0.25) is 14.4 Å². The minimum absolute atomic E-state index is 0.0885. The van der Waals surface area contributed by atoms with Gasteiger partial charge in [0.05, 0.1) is 0 Å². The van der Waals surface area contributed by atoms with Crippen LogP contribution in [0.1, 0.15) is 213 Å². The van der Waals surface area contributed by atoms with Gasteiger partial charge in [0, 0.05) is 19.3 Å². The molecule has 0 aliphatic carbocycles. The molecule has 0 heterocycles. The lowest BCUT2D eigenvalue weighted by molar-refractivity contribution is -0.167. The number of allylic oxidation sites excluding steroid dienone is 12. The first-order valence-corrected chi connectivity index (χ1v) is 23.4. The van der Waals surface area contributed by atoms with E-state index in [1.165, 1.54) is 77.0 Å². The summed E-state index contributed by atoms with van der Waals surface area (Å²) in [5.41, 5.74) is 0. The molecule has 6 nitrogen and oxygen atoms in total. The third-order valence-corrected chi connectivity index (χ3v) is 9.73. The summed E-state index contributed by atoms with van der Waals surface area (Å²) in [6.07, 6.45) is 56.2. The van der Waals surface area contributed by atoms with Crippen LogP contribution < -0.4 is 0 Å². The van der Waals surface area contributed by atoms with Crippen molar-refractivity contribution in [3.05, 3.63) is 72.9 Å². The second-order valence-corrected chi connectivity index (χ2v) is 15.3. The maximum absolute atomic E-state index is 12.7. The highest BCUT2D eigenvalue weighted by Gasteiger charge is 2.19. The lowest BCUT2D eigenvalue weighted by Crippen LogP contribution is -2.30. The molecule has 0 aliphatic rings. The highest BCUT2D eigenvalue weighted by atomic mass is 16.6. The van der Waals surface area contributed by atoms with E-state index < -0.39 is 6.10 Å². The molecule has 0 spiro atoms. The van der Waals surface area contributed by atoms with E-state index in [0.717, 1.165) is 96.3 Å². The summed E-state index contributed by atoms with van der Waals surface area (Å²) in [6.45, 7) is 6.41. The lowest BCUT2D eigenvalue weighted by atomic mass is 10.0. The van der Waals surface area contributed by atoms with Crippen LogP contribution in [-0.4, -0.2) is 37.2 Å². The van der Waals surface area contributed by atoms with Crippen molar-refractivity contribution in [2.75, 3.05) is 13.2 Å². The first-order chi connectivity index (χ1) is 28.0. The molecule has 0 amide bonds. The monoisotopic (exact) mass is 795 g/mol. The minimum Gasteiger partial charge on any atom is -0.462 e. The van der Waals surface area contributed by atoms with E-state index in [9.17, 15) is 14.4 Å². The van der Waals surface area contributed by atoms with Crippen LogP contribution in [0.15, 0.2) is 72.9 Å². The fourth-order valence-electron chi connectivity index (χ4n) is 6.21. The van der Waals surface area contributed by atoms with E-state index in [0.29, 0.717) is 19.3 Å². The van der Waals surface area contributed by atoms with Gasteiger partial charge in [-0.05, 0) is 70.6 Å². The van der Waals surface area contributed by atoms with Gasteiger partial charge in [0.2, 0.25) is 0 Å². The quantitative estimate of drug-likeness (QED) is 0.0265. The van der Waals surface area contributed by atoms with Crippen molar-refractivity contribution in [1.82, 2.24) is 0 Å². The Hall–Kier alpha value is -3.15. The zero-order chi connectivity index (χ0) is 41.5. The molecule has 1 atom stereocenters. The topological polar surface area (TPSA) is 78.9 Å². The van der Waals surface area contributed by atoms with Crippen molar-refractivity contribution >= 4 is 17.9 Å². The van der Waals surface area contributed by atoms with Crippen molar-refractivity contribution in [3.63, 3.8) is 0 Å². The number of carbonyl (C=O) groups is 3. The molecule has 0 aromatic rings. The molecule has 0 fully saturated rings. The molecule has 0 radical (unpaired) electrons. The van der Waals surface area contributed by atoms with Gasteiger partial charge in [-0.1, -0.05) is 196 Å². The third-order valence-electron chi connectivity index (χ3n) is 9.73. The first-order valence-electron chi connectivity index (χ1n) is 23.4. The Labute approximate surface area is 351 Å². The van der Waals surface area contributed by atoms with E-state index in [-0.39, 0.29) is 31.1 Å². The van der Waals surface area contributed by atoms with Gasteiger partial charge < -0.3 is 14.2 Å². The van der Waals surface area contributed by atoms with Gasteiger partial charge in [0.1, 0.15) is 13.2 Å². The molecule has 6 heteroatoms. The van der Waals surface area contributed by atoms with Crippen LogP contribution in [0.3, 0.4) is 0 Å². The number of ether oxygens (including phenoxy) is 3. The molecule has 0 aliphatic heterocycles. The highest BCUT2D eigenvalue weighted by molar-refractivity contribution is 5.71. The fraction of sp³-hybridized carbons (Fsp3) is 0.706. The Morgan fingerprint density at radius 3 is 1.07 bits per heavy atom. The number of esters is 3. The molecule has 1 unspecified atom stereocenters. The van der Waals surface area contributed by atoms with Crippen LogP contribution in [-0.2, 0) is 28.6 Å². The van der Waals surface area contributed by atoms with Crippen LogP contribution in [0, 0.1) is 0 Å². The van der Waals surface area contributed by atoms with Crippen LogP contribution in [0.4, 0.5) is 0 Å². The Kier molecular flexibility index (Phi) is 43.0. The molecule has 0 rings (SSSR count). The van der Waals surface area contributed by atoms with Crippen molar-refractivity contribution in [3.8, 4) is 0 Å². The van der Waals surface area contributed by atoms with Crippen LogP contribution in [0.5, 0.6) is 0 Å². The van der Waals surface area contributed by atoms with Crippen LogP contribution >= 0.6 is 0 Å². The van der Waals surface area contributed by atoms with E-state index in [1.807, 2.05) is 0 Å². The van der Waals surface area contributed by atoms with Gasteiger partial charge in [0.15, 0.2) is 6.10 Å². The van der Waals surface area contributed by atoms with E-state index in [2.05, 4.69) is 93.7 Å². The maximum atomic E-state index is 12.7. The standard InChI is InChI=1S/C51H86O6/c1-4-7-10-13-16-18-20-22-23-24-25-26-27-28-29-30-32-33-35-38-41-44-50(53)56-47-48(46-55-49(52)43-40-37-15-12-9-6-3)57-51(54)45-42-39-36-34-31-21-19-17-14-11-8-5-2/h7,10,16,18,22-23,25-26,28-29,32-33,48H,4-6,8-9,11-15,17,19-21,24,27,30-31,34-47H2,1-3H3/b10-7-,18-16-,23-22-,26-25-,29-28-,33-32-. The number of unbranched alkanes of at least 4 members (excludes halogenated alkanes) is 18. The second kappa shape index (κ2) is 45.6. The lowest BCUT2D eigenvalue weighted by Gasteiger charge is -2.18. The molecule has 0 N–H and O–H groups in total. The predicted octanol–water partition coefficient (Wildman–Crippen LogP) is 15.1. The van der Waals surface area contributed by atoms with E-state index in [4.69, 9.17) is 14.2 Å². The SMILES string of the molecule is CC/C=C\C/C=C\C/C=C\C/C=C\C/C=C\C/C=C\CCCCC(=O)OCC(COC(=O)CCCCCCCC)OC(=O)CCCCCCCCCCCCCC. The number of hydrogen-bond donors (Lipinski definition) is 0. The molecule has 0 bridgehead atoms. The third kappa shape index (κ3) is 43.8. The van der Waals surface area contributed by atoms with Crippen molar-refractivity contribution in [1.29, 1.82) is 0 Å². The molecule has 0 aromatic carbocycles. The molecular weight excluding hydrogens is 709 g/mol. The van der Waals surface area contributed by atoms with Gasteiger partial charge in [0.25, 0.3) is 0 Å². The number of carbonyl (C=O) groups excluding carboxylic acids is 3. The largest absolute Gasteiger partial charge is 0.462 e. The molecule has 0 aromatic heterocycles. The molecular formula is C51H86O6. The minimum atomic E-state index is -0.786. The second-order valence-electron chi connectivity index (χ2n) is 15.3. The average Bonchev–Trinajstić information content (AvgIpc) is 3.21. The van der Waals surface area contributed by atoms with Crippen molar-refractivity contribution in [2.24, 2.45) is 0 Å². The smallest absolute Gasteiger partial charge is 0.306 e. The molecule has 0 saturated heterocycles. The van der Waals surface area contributed by atoms with Gasteiger partial charge in [-0.25, -0.2) is 0 Å².